The van der Waals surface area contributed by atoms with E-state index in [0.29, 0.717) is 0 Å². The highest BCUT2D eigenvalue weighted by atomic mass is 35.5. The Morgan fingerprint density at radius 3 is 2.39 bits per heavy atom. The summed E-state index contributed by atoms with van der Waals surface area (Å²) in [7, 11) is 0. The number of hydrogen-bond acceptors (Lipinski definition) is 5. The van der Waals surface area contributed by atoms with Gasteiger partial charge in [0, 0.05) is 6.42 Å². The van der Waals surface area contributed by atoms with Gasteiger partial charge in [-0.2, -0.15) is 0 Å². The molecule has 1 atom stereocenters. The average molecular weight is 280 g/mol. The van der Waals surface area contributed by atoms with Gasteiger partial charge < -0.3 is 15.2 Å². The van der Waals surface area contributed by atoms with Gasteiger partial charge in [-0.3, -0.25) is 9.59 Å². The van der Waals surface area contributed by atoms with Crippen LogP contribution in [0.25, 0.3) is 0 Å². The summed E-state index contributed by atoms with van der Waals surface area (Å²) in [6, 6.07) is -0.803. The molecule has 0 aliphatic rings. The Bertz CT molecular complexity index is 286. The third-order valence-corrected chi connectivity index (χ3v) is 1.73. The number of hydrogen-bond donors (Lipinski definition) is 1. The third kappa shape index (κ3) is 10.1. The summed E-state index contributed by atoms with van der Waals surface area (Å²) in [5, 5.41) is 0. The summed E-state index contributed by atoms with van der Waals surface area (Å²) in [6.45, 7) is 8.88. The maximum Gasteiger partial charge on any atom is 0.323 e. The van der Waals surface area contributed by atoms with Crippen molar-refractivity contribution in [1.29, 1.82) is 0 Å². The summed E-state index contributed by atoms with van der Waals surface area (Å²) in [5.41, 5.74) is 5.03. The second-order valence-electron chi connectivity index (χ2n) is 4.65. The Morgan fingerprint density at radius 1 is 1.39 bits per heavy atom. The summed E-state index contributed by atoms with van der Waals surface area (Å²) < 4.78 is 9.84. The van der Waals surface area contributed by atoms with E-state index >= 15 is 0 Å². The third-order valence-electron chi connectivity index (χ3n) is 1.73. The van der Waals surface area contributed by atoms with Crippen LogP contribution in [-0.2, 0) is 19.1 Å². The SMILES string of the molecule is C=CCOC(=O)[C@@H](N)CCC(=O)OC(C)(C)C.Cl. The van der Waals surface area contributed by atoms with Crippen LogP contribution in [0.5, 0.6) is 0 Å². The van der Waals surface area contributed by atoms with E-state index in [4.69, 9.17) is 15.2 Å². The lowest BCUT2D eigenvalue weighted by atomic mass is 10.1. The first-order valence-electron chi connectivity index (χ1n) is 5.51. The molecule has 0 fully saturated rings. The molecule has 0 amide bonds. The van der Waals surface area contributed by atoms with Gasteiger partial charge in [-0.1, -0.05) is 12.7 Å². The van der Waals surface area contributed by atoms with Gasteiger partial charge in [0.05, 0.1) is 0 Å². The molecule has 106 valence electrons. The Morgan fingerprint density at radius 2 is 1.94 bits per heavy atom. The summed E-state index contributed by atoms with van der Waals surface area (Å²) >= 11 is 0. The molecule has 0 aliphatic heterocycles. The average Bonchev–Trinajstić information content (AvgIpc) is 2.20. The van der Waals surface area contributed by atoms with Crippen molar-refractivity contribution in [3.05, 3.63) is 12.7 Å². The fraction of sp³-hybridized carbons (Fsp3) is 0.667. The van der Waals surface area contributed by atoms with Gasteiger partial charge in [-0.25, -0.2) is 0 Å². The lowest BCUT2D eigenvalue weighted by molar-refractivity contribution is -0.155. The smallest absolute Gasteiger partial charge is 0.323 e. The molecule has 5 nitrogen and oxygen atoms in total. The number of halogens is 1. The number of carbonyl (C=O) groups is 2. The first-order valence-corrected chi connectivity index (χ1v) is 5.51. The number of carbonyl (C=O) groups excluding carboxylic acids is 2. The maximum atomic E-state index is 11.4. The van der Waals surface area contributed by atoms with Gasteiger partial charge >= 0.3 is 11.9 Å². The molecule has 0 saturated heterocycles. The van der Waals surface area contributed by atoms with E-state index in [9.17, 15) is 9.59 Å². The van der Waals surface area contributed by atoms with E-state index in [-0.39, 0.29) is 37.8 Å². The van der Waals surface area contributed by atoms with Crippen LogP contribution in [0.3, 0.4) is 0 Å². The molecule has 18 heavy (non-hydrogen) atoms. The van der Waals surface area contributed by atoms with E-state index in [2.05, 4.69) is 6.58 Å². The van der Waals surface area contributed by atoms with Crippen LogP contribution < -0.4 is 5.73 Å². The van der Waals surface area contributed by atoms with E-state index in [1.807, 2.05) is 0 Å². The molecule has 0 aromatic heterocycles. The van der Waals surface area contributed by atoms with Gasteiger partial charge in [-0.15, -0.1) is 12.4 Å². The molecule has 0 aromatic rings. The maximum absolute atomic E-state index is 11.4. The van der Waals surface area contributed by atoms with Crippen LogP contribution in [0.4, 0.5) is 0 Å². The first-order chi connectivity index (χ1) is 7.76. The van der Waals surface area contributed by atoms with Crippen LogP contribution in [0.2, 0.25) is 0 Å². The summed E-state index contributed by atoms with van der Waals surface area (Å²) in [6.07, 6.45) is 1.77. The van der Waals surface area contributed by atoms with Crippen molar-refractivity contribution >= 4 is 24.3 Å². The van der Waals surface area contributed by atoms with Gasteiger partial charge in [0.1, 0.15) is 18.2 Å². The van der Waals surface area contributed by atoms with E-state index in [1.54, 1.807) is 20.8 Å². The van der Waals surface area contributed by atoms with Crippen LogP contribution in [0.1, 0.15) is 33.6 Å². The van der Waals surface area contributed by atoms with Crippen LogP contribution in [0, 0.1) is 0 Å². The second-order valence-corrected chi connectivity index (χ2v) is 4.65. The Kier molecular flexibility index (Phi) is 9.57. The van der Waals surface area contributed by atoms with Crippen molar-refractivity contribution in [2.24, 2.45) is 5.73 Å². The van der Waals surface area contributed by atoms with E-state index in [0.717, 1.165) is 0 Å². The lowest BCUT2D eigenvalue weighted by Crippen LogP contribution is -2.33. The van der Waals surface area contributed by atoms with Crippen molar-refractivity contribution in [3.63, 3.8) is 0 Å². The van der Waals surface area contributed by atoms with Crippen LogP contribution in [-0.4, -0.2) is 30.2 Å². The van der Waals surface area contributed by atoms with Crippen molar-refractivity contribution in [1.82, 2.24) is 0 Å². The van der Waals surface area contributed by atoms with Crippen molar-refractivity contribution in [2.45, 2.75) is 45.3 Å². The molecule has 6 heteroatoms. The zero-order valence-electron chi connectivity index (χ0n) is 11.1. The van der Waals surface area contributed by atoms with Crippen LogP contribution in [0.15, 0.2) is 12.7 Å². The second kappa shape index (κ2) is 8.94. The Labute approximate surface area is 114 Å². The predicted octanol–water partition coefficient (Wildman–Crippen LogP) is 1.59. The van der Waals surface area contributed by atoms with E-state index in [1.165, 1.54) is 6.08 Å². The lowest BCUT2D eigenvalue weighted by Gasteiger charge is -2.19. The monoisotopic (exact) mass is 279 g/mol. The van der Waals surface area contributed by atoms with Crippen molar-refractivity contribution in [2.75, 3.05) is 6.61 Å². The first kappa shape index (κ1) is 19.3. The Hall–Kier alpha value is -1.07. The molecule has 0 rings (SSSR count). The van der Waals surface area contributed by atoms with Gasteiger partial charge in [0.2, 0.25) is 0 Å². The number of nitrogens with two attached hydrogens (primary N) is 1. The summed E-state index contributed by atoms with van der Waals surface area (Å²) in [4.78, 5) is 22.6. The molecule has 2 N–H and O–H groups in total. The van der Waals surface area contributed by atoms with Crippen molar-refractivity contribution in [3.8, 4) is 0 Å². The molecular formula is C12H22ClNO4. The fourth-order valence-electron chi connectivity index (χ4n) is 1.03. The Balaban J connectivity index is 0. The van der Waals surface area contributed by atoms with E-state index < -0.39 is 17.6 Å². The zero-order valence-corrected chi connectivity index (χ0v) is 11.9. The molecule has 0 heterocycles. The topological polar surface area (TPSA) is 78.6 Å². The number of rotatable bonds is 6. The number of ether oxygens (including phenoxy) is 2. The fourth-order valence-corrected chi connectivity index (χ4v) is 1.03. The summed E-state index contributed by atoms with van der Waals surface area (Å²) in [5.74, 6) is -0.905. The van der Waals surface area contributed by atoms with Gasteiger partial charge in [0.15, 0.2) is 0 Å². The highest BCUT2D eigenvalue weighted by Crippen LogP contribution is 2.09. The molecule has 0 spiro atoms. The van der Waals surface area contributed by atoms with Crippen molar-refractivity contribution < 1.29 is 19.1 Å². The minimum atomic E-state index is -0.803. The predicted molar refractivity (Wildman–Crippen MR) is 71.5 cm³/mol. The van der Waals surface area contributed by atoms with Gasteiger partial charge in [-0.05, 0) is 27.2 Å². The molecular weight excluding hydrogens is 258 g/mol. The minimum absolute atomic E-state index is 0. The standard InChI is InChI=1S/C12H21NO4.ClH/c1-5-8-16-11(15)9(13)6-7-10(14)17-12(2,3)4;/h5,9H,1,6-8,13H2,2-4H3;1H/t9-;/m0./s1. The minimum Gasteiger partial charge on any atom is -0.460 e. The highest BCUT2D eigenvalue weighted by molar-refractivity contribution is 5.85. The molecule has 0 radical (unpaired) electrons. The van der Waals surface area contributed by atoms with Crippen LogP contribution >= 0.6 is 12.4 Å². The molecule has 0 saturated carbocycles. The zero-order chi connectivity index (χ0) is 13.5. The molecule has 0 unspecified atom stereocenters. The largest absolute Gasteiger partial charge is 0.460 e. The molecule has 0 bridgehead atoms. The molecule has 0 aliphatic carbocycles. The van der Waals surface area contributed by atoms with Gasteiger partial charge in [0.25, 0.3) is 0 Å². The highest BCUT2D eigenvalue weighted by Gasteiger charge is 2.20. The normalized spacial score (nSPS) is 12.0. The molecule has 0 aromatic carbocycles. The quantitative estimate of drug-likeness (QED) is 0.590. The number of esters is 2.